The quantitative estimate of drug-likeness (QED) is 0.387. The van der Waals surface area contributed by atoms with E-state index in [2.05, 4.69) is 55.4 Å². The first-order chi connectivity index (χ1) is 14.6. The van der Waals surface area contributed by atoms with Crippen LogP contribution in [0.15, 0.2) is 11.1 Å². The lowest BCUT2D eigenvalue weighted by Crippen LogP contribution is -2.64. The van der Waals surface area contributed by atoms with Crippen molar-refractivity contribution in [2.24, 2.45) is 44.3 Å². The summed E-state index contributed by atoms with van der Waals surface area (Å²) in [5.41, 5.74) is 4.54. The SMILES string of the molecule is CC1(C)CC2=C3CC[C@H]4[C@@]5(C)CC[C@H](O)C(C)(C)[C@H]5CC[C@@]4(C)[C@]3(C)CC[C@@]2(C)[C@H](O)C1. The third kappa shape index (κ3) is 2.72. The van der Waals surface area contributed by atoms with E-state index in [0.29, 0.717) is 16.7 Å². The Hall–Kier alpha value is -0.340. The van der Waals surface area contributed by atoms with Crippen LogP contribution >= 0.6 is 0 Å². The van der Waals surface area contributed by atoms with Crippen LogP contribution in [0.1, 0.15) is 120 Å². The Morgan fingerprint density at radius 1 is 0.688 bits per heavy atom. The number of hydrogen-bond acceptors (Lipinski definition) is 2. The van der Waals surface area contributed by atoms with E-state index in [1.807, 2.05) is 0 Å². The maximum Gasteiger partial charge on any atom is 0.0636 e. The van der Waals surface area contributed by atoms with Gasteiger partial charge in [-0.25, -0.2) is 0 Å². The van der Waals surface area contributed by atoms with E-state index in [1.165, 1.54) is 44.9 Å². The molecular formula is C30H50O2. The van der Waals surface area contributed by atoms with Crippen molar-refractivity contribution in [1.29, 1.82) is 0 Å². The van der Waals surface area contributed by atoms with Crippen molar-refractivity contribution in [3.63, 3.8) is 0 Å². The summed E-state index contributed by atoms with van der Waals surface area (Å²) in [6, 6.07) is 0. The summed E-state index contributed by atoms with van der Waals surface area (Å²) in [5.74, 6) is 1.36. The minimum Gasteiger partial charge on any atom is -0.393 e. The summed E-state index contributed by atoms with van der Waals surface area (Å²) in [6.45, 7) is 19.7. The molecule has 0 unspecified atom stereocenters. The average molecular weight is 443 g/mol. The molecule has 4 fully saturated rings. The first-order valence-electron chi connectivity index (χ1n) is 13.7. The maximum atomic E-state index is 11.3. The fourth-order valence-corrected chi connectivity index (χ4v) is 10.7. The number of rotatable bonds is 0. The molecule has 0 aliphatic heterocycles. The topological polar surface area (TPSA) is 40.5 Å². The summed E-state index contributed by atoms with van der Waals surface area (Å²) in [4.78, 5) is 0. The normalized spacial score (nSPS) is 54.2. The fraction of sp³-hybridized carbons (Fsp3) is 0.933. The zero-order chi connectivity index (χ0) is 23.5. The molecule has 0 saturated heterocycles. The predicted octanol–water partition coefficient (Wildman–Crippen LogP) is 7.28. The number of hydrogen-bond donors (Lipinski definition) is 2. The lowest BCUT2D eigenvalue weighted by molar-refractivity contribution is -0.205. The van der Waals surface area contributed by atoms with E-state index < -0.39 is 0 Å². The first kappa shape index (κ1) is 23.4. The zero-order valence-electron chi connectivity index (χ0n) is 22.3. The second kappa shape index (κ2) is 6.66. The number of aliphatic hydroxyl groups is 2. The van der Waals surface area contributed by atoms with Gasteiger partial charge in [0.15, 0.2) is 0 Å². The summed E-state index contributed by atoms with van der Waals surface area (Å²) in [6.07, 6.45) is 11.4. The van der Waals surface area contributed by atoms with Gasteiger partial charge in [0.25, 0.3) is 0 Å². The van der Waals surface area contributed by atoms with Crippen molar-refractivity contribution >= 4 is 0 Å². The van der Waals surface area contributed by atoms with Crippen LogP contribution in [0.4, 0.5) is 0 Å². The van der Waals surface area contributed by atoms with Gasteiger partial charge in [0.1, 0.15) is 0 Å². The summed E-state index contributed by atoms with van der Waals surface area (Å²) in [5, 5.41) is 22.2. The van der Waals surface area contributed by atoms with E-state index in [4.69, 9.17) is 0 Å². The van der Waals surface area contributed by atoms with Crippen LogP contribution in [-0.2, 0) is 0 Å². The molecule has 0 bridgehead atoms. The monoisotopic (exact) mass is 442 g/mol. The Morgan fingerprint density at radius 3 is 2.06 bits per heavy atom. The second-order valence-corrected chi connectivity index (χ2v) is 15.2. The Labute approximate surface area is 197 Å². The van der Waals surface area contributed by atoms with Crippen LogP contribution in [-0.4, -0.2) is 22.4 Å². The Bertz CT molecular complexity index is 838. The molecule has 8 atom stereocenters. The van der Waals surface area contributed by atoms with Crippen molar-refractivity contribution in [1.82, 2.24) is 0 Å². The highest BCUT2D eigenvalue weighted by atomic mass is 16.3. The Kier molecular flexibility index (Phi) is 4.87. The van der Waals surface area contributed by atoms with Crippen LogP contribution in [0.25, 0.3) is 0 Å². The van der Waals surface area contributed by atoms with E-state index in [0.717, 1.165) is 25.2 Å². The van der Waals surface area contributed by atoms with Crippen molar-refractivity contribution in [3.8, 4) is 0 Å². The van der Waals surface area contributed by atoms with Gasteiger partial charge in [-0.3, -0.25) is 0 Å². The van der Waals surface area contributed by atoms with Crippen molar-refractivity contribution in [2.75, 3.05) is 0 Å². The van der Waals surface area contributed by atoms with Crippen molar-refractivity contribution in [2.45, 2.75) is 132 Å². The van der Waals surface area contributed by atoms with Crippen LogP contribution in [0, 0.1) is 44.3 Å². The molecule has 2 N–H and O–H groups in total. The van der Waals surface area contributed by atoms with Gasteiger partial charge in [0, 0.05) is 5.41 Å². The molecule has 5 rings (SSSR count). The number of allylic oxidation sites excluding steroid dienone is 1. The molecule has 5 aliphatic carbocycles. The second-order valence-electron chi connectivity index (χ2n) is 15.2. The molecule has 2 heteroatoms. The molecule has 2 nitrogen and oxygen atoms in total. The standard InChI is InChI=1S/C30H50O2/c1-25(2)17-20-19-9-10-22-28(6)13-12-23(31)26(3,4)21(28)11-14-30(22,8)29(19,7)16-15-27(20,5)24(32)18-25/h21-24,31-32H,9-18H2,1-8H3/t21-,22+,23+,24-,27-,28+,29-,30-/m1/s1. The van der Waals surface area contributed by atoms with Gasteiger partial charge < -0.3 is 10.2 Å². The lowest BCUT2D eigenvalue weighted by Gasteiger charge is -2.71. The van der Waals surface area contributed by atoms with Gasteiger partial charge in [0.2, 0.25) is 0 Å². The summed E-state index contributed by atoms with van der Waals surface area (Å²) >= 11 is 0. The predicted molar refractivity (Wildman–Crippen MR) is 132 cm³/mol. The molecule has 0 aromatic heterocycles. The van der Waals surface area contributed by atoms with Gasteiger partial charge >= 0.3 is 0 Å². The molecule has 0 aromatic rings. The minimum absolute atomic E-state index is 0.00833. The maximum absolute atomic E-state index is 11.3. The van der Waals surface area contributed by atoms with Gasteiger partial charge in [-0.2, -0.15) is 0 Å². The van der Waals surface area contributed by atoms with Crippen LogP contribution in [0.5, 0.6) is 0 Å². The molecule has 4 saturated carbocycles. The van der Waals surface area contributed by atoms with E-state index in [1.54, 1.807) is 11.1 Å². The van der Waals surface area contributed by atoms with Crippen LogP contribution in [0.2, 0.25) is 0 Å². The largest absolute Gasteiger partial charge is 0.393 e. The summed E-state index contributed by atoms with van der Waals surface area (Å²) in [7, 11) is 0. The van der Waals surface area contributed by atoms with Crippen molar-refractivity contribution < 1.29 is 10.2 Å². The smallest absolute Gasteiger partial charge is 0.0636 e. The van der Waals surface area contributed by atoms with Crippen molar-refractivity contribution in [3.05, 3.63) is 11.1 Å². The molecule has 0 heterocycles. The van der Waals surface area contributed by atoms with E-state index in [-0.39, 0.29) is 33.9 Å². The minimum atomic E-state index is -0.197. The molecule has 32 heavy (non-hydrogen) atoms. The zero-order valence-corrected chi connectivity index (χ0v) is 22.3. The van der Waals surface area contributed by atoms with E-state index in [9.17, 15) is 10.2 Å². The Morgan fingerprint density at radius 2 is 1.38 bits per heavy atom. The Balaban J connectivity index is 1.60. The lowest BCUT2D eigenvalue weighted by atomic mass is 9.34. The summed E-state index contributed by atoms with van der Waals surface area (Å²) < 4.78 is 0. The third-order valence-electron chi connectivity index (χ3n) is 13.0. The van der Waals surface area contributed by atoms with Gasteiger partial charge in [-0.1, -0.05) is 66.5 Å². The van der Waals surface area contributed by atoms with E-state index >= 15 is 0 Å². The average Bonchev–Trinajstić information content (AvgIpc) is 2.67. The highest BCUT2D eigenvalue weighted by Gasteiger charge is 2.67. The molecule has 0 aromatic carbocycles. The first-order valence-corrected chi connectivity index (χ1v) is 13.7. The number of fused-ring (bicyclic) bond motifs is 6. The van der Waals surface area contributed by atoms with Gasteiger partial charge in [-0.15, -0.1) is 0 Å². The molecule has 182 valence electrons. The van der Waals surface area contributed by atoms with Gasteiger partial charge in [-0.05, 0) is 103 Å². The fourth-order valence-electron chi connectivity index (χ4n) is 10.7. The molecule has 5 aliphatic rings. The van der Waals surface area contributed by atoms with Crippen LogP contribution < -0.4 is 0 Å². The molecule has 0 spiro atoms. The third-order valence-corrected chi connectivity index (χ3v) is 13.0. The van der Waals surface area contributed by atoms with Crippen LogP contribution in [0.3, 0.4) is 0 Å². The highest BCUT2D eigenvalue weighted by molar-refractivity contribution is 5.39. The molecule has 0 amide bonds. The molecule has 0 radical (unpaired) electrons. The number of aliphatic hydroxyl groups excluding tert-OH is 2. The highest BCUT2D eigenvalue weighted by Crippen LogP contribution is 2.75. The van der Waals surface area contributed by atoms with Gasteiger partial charge in [0.05, 0.1) is 12.2 Å². The molecular weight excluding hydrogens is 392 g/mol.